The number of rotatable bonds is 8. The van der Waals surface area contributed by atoms with Gasteiger partial charge in [-0.1, -0.05) is 78.9 Å². The Hall–Kier alpha value is -7.51. The van der Waals surface area contributed by atoms with Gasteiger partial charge < -0.3 is 14.5 Å². The van der Waals surface area contributed by atoms with Crippen LogP contribution in [0.1, 0.15) is 86.6 Å². The van der Waals surface area contributed by atoms with Crippen molar-refractivity contribution in [2.24, 2.45) is 0 Å². The fraction of sp³-hybridized carbons (Fsp3) is 0.161. The standard InChI is InChI=1S/C56H45N3O4/c1-5-57(6-2)41-23-25-49-51(32-41)63-52-33-42(58(7-3)8-4)24-26-50(52)56(49)48-16-12-11-15-43(48)55(62)59(56)40-21-19-34(20-22-40)37-17-18-38-30-46-47(31-39(38)27-37)54(61)45-29-36-14-10-9-13-35(36)28-44(45)53(46)60/h9-33H,5-8H2,1-4H3. The molecular weight excluding hydrogens is 779 g/mol. The molecule has 0 fully saturated rings. The summed E-state index contributed by atoms with van der Waals surface area (Å²) in [5.41, 5.74) is 8.91. The third-order valence-electron chi connectivity index (χ3n) is 13.6. The highest BCUT2D eigenvalue weighted by Gasteiger charge is 2.57. The Labute approximate surface area is 366 Å². The zero-order valence-electron chi connectivity index (χ0n) is 35.7. The van der Waals surface area contributed by atoms with Crippen LogP contribution in [0.2, 0.25) is 0 Å². The molecule has 2 heterocycles. The van der Waals surface area contributed by atoms with Crippen molar-refractivity contribution < 1.29 is 19.1 Å². The van der Waals surface area contributed by atoms with Crippen LogP contribution in [-0.4, -0.2) is 43.7 Å². The van der Waals surface area contributed by atoms with Gasteiger partial charge in [-0.3, -0.25) is 19.3 Å². The molecule has 63 heavy (non-hydrogen) atoms. The quantitative estimate of drug-likeness (QED) is 0.152. The maximum Gasteiger partial charge on any atom is 0.260 e. The van der Waals surface area contributed by atoms with E-state index in [4.69, 9.17) is 4.74 Å². The Morgan fingerprint density at radius 1 is 0.444 bits per heavy atom. The number of carbonyl (C=O) groups is 3. The van der Waals surface area contributed by atoms with Crippen LogP contribution >= 0.6 is 0 Å². The minimum atomic E-state index is -1.02. The highest BCUT2D eigenvalue weighted by molar-refractivity contribution is 6.30. The monoisotopic (exact) mass is 823 g/mol. The maximum absolute atomic E-state index is 15.1. The predicted octanol–water partition coefficient (Wildman–Crippen LogP) is 12.2. The van der Waals surface area contributed by atoms with Crippen LogP contribution in [0.15, 0.2) is 152 Å². The molecule has 8 aromatic carbocycles. The van der Waals surface area contributed by atoms with Crippen LogP contribution in [0.3, 0.4) is 0 Å². The molecule has 1 amide bonds. The van der Waals surface area contributed by atoms with E-state index < -0.39 is 5.54 Å². The molecule has 1 aliphatic carbocycles. The molecule has 0 saturated carbocycles. The lowest BCUT2D eigenvalue weighted by molar-refractivity contribution is 0.0979. The summed E-state index contributed by atoms with van der Waals surface area (Å²) in [7, 11) is 0. The van der Waals surface area contributed by atoms with Crippen molar-refractivity contribution in [2.45, 2.75) is 33.2 Å². The van der Waals surface area contributed by atoms with Gasteiger partial charge in [0.2, 0.25) is 0 Å². The van der Waals surface area contributed by atoms with Gasteiger partial charge in [-0.05, 0) is 121 Å². The van der Waals surface area contributed by atoms with Crippen molar-refractivity contribution in [3.63, 3.8) is 0 Å². The Morgan fingerprint density at radius 3 is 1.46 bits per heavy atom. The van der Waals surface area contributed by atoms with Gasteiger partial charge in [-0.25, -0.2) is 0 Å². The van der Waals surface area contributed by atoms with E-state index in [0.717, 1.165) is 104 Å². The first kappa shape index (κ1) is 38.4. The molecule has 0 N–H and O–H groups in total. The number of ether oxygens (including phenoxy) is 1. The molecule has 1 spiro atoms. The average Bonchev–Trinajstić information content (AvgIpc) is 3.58. The Bertz CT molecular complexity index is 3170. The third-order valence-corrected chi connectivity index (χ3v) is 13.6. The molecule has 0 radical (unpaired) electrons. The van der Waals surface area contributed by atoms with Crippen molar-refractivity contribution in [3.8, 4) is 22.6 Å². The topological polar surface area (TPSA) is 70.2 Å². The summed E-state index contributed by atoms with van der Waals surface area (Å²) < 4.78 is 6.92. The molecule has 2 aliphatic heterocycles. The minimum absolute atomic E-state index is 0.0814. The molecule has 8 aromatic rings. The normalized spacial score (nSPS) is 14.3. The molecule has 0 atom stereocenters. The van der Waals surface area contributed by atoms with Gasteiger partial charge in [0.25, 0.3) is 5.91 Å². The number of benzene rings is 8. The zero-order valence-corrected chi connectivity index (χ0v) is 35.7. The molecule has 308 valence electrons. The largest absolute Gasteiger partial charge is 0.456 e. The molecule has 3 aliphatic rings. The average molecular weight is 824 g/mol. The molecule has 0 bridgehead atoms. The number of amides is 1. The van der Waals surface area contributed by atoms with Gasteiger partial charge in [0.1, 0.15) is 17.0 Å². The molecular formula is C56H45N3O4. The van der Waals surface area contributed by atoms with Crippen LogP contribution < -0.4 is 19.4 Å². The van der Waals surface area contributed by atoms with Crippen molar-refractivity contribution in [2.75, 3.05) is 40.9 Å². The third kappa shape index (κ3) is 5.62. The number of ketones is 2. The number of fused-ring (bicyclic) bond motifs is 10. The Balaban J connectivity index is 1.02. The first-order valence-electron chi connectivity index (χ1n) is 22.0. The molecule has 7 nitrogen and oxygen atoms in total. The second-order valence-corrected chi connectivity index (χ2v) is 16.6. The van der Waals surface area contributed by atoms with E-state index in [1.165, 1.54) is 0 Å². The van der Waals surface area contributed by atoms with E-state index in [1.54, 1.807) is 0 Å². The summed E-state index contributed by atoms with van der Waals surface area (Å²) in [5.74, 6) is 1.10. The van der Waals surface area contributed by atoms with Crippen molar-refractivity contribution >= 4 is 56.1 Å². The van der Waals surface area contributed by atoms with Crippen LogP contribution in [0.5, 0.6) is 11.5 Å². The first-order chi connectivity index (χ1) is 30.8. The molecule has 0 aromatic heterocycles. The molecule has 0 saturated heterocycles. The van der Waals surface area contributed by atoms with Crippen molar-refractivity contribution in [1.29, 1.82) is 0 Å². The number of carbonyl (C=O) groups excluding carboxylic acids is 3. The van der Waals surface area contributed by atoms with Gasteiger partial charge in [0, 0.05) is 99.9 Å². The van der Waals surface area contributed by atoms with Gasteiger partial charge in [-0.2, -0.15) is 0 Å². The number of anilines is 3. The highest BCUT2D eigenvalue weighted by atomic mass is 16.5. The molecule has 7 heteroatoms. The summed E-state index contributed by atoms with van der Waals surface area (Å²) in [4.78, 5) is 49.5. The molecule has 11 rings (SSSR count). The van der Waals surface area contributed by atoms with E-state index in [0.29, 0.717) is 27.8 Å². The van der Waals surface area contributed by atoms with Crippen LogP contribution in [-0.2, 0) is 5.54 Å². The highest BCUT2D eigenvalue weighted by Crippen LogP contribution is 2.59. The van der Waals surface area contributed by atoms with Crippen LogP contribution in [0.25, 0.3) is 32.7 Å². The lowest BCUT2D eigenvalue weighted by Crippen LogP contribution is -2.47. The summed E-state index contributed by atoms with van der Waals surface area (Å²) in [6, 6.07) is 50.3. The van der Waals surface area contributed by atoms with Gasteiger partial charge in [0.15, 0.2) is 11.6 Å². The second-order valence-electron chi connectivity index (χ2n) is 16.6. The molecule has 0 unspecified atom stereocenters. The summed E-state index contributed by atoms with van der Waals surface area (Å²) in [6.07, 6.45) is 0. The van der Waals surface area contributed by atoms with Crippen LogP contribution in [0.4, 0.5) is 17.1 Å². The Kier molecular flexibility index (Phi) is 8.88. The summed E-state index contributed by atoms with van der Waals surface area (Å²) in [5, 5.41) is 3.61. The van der Waals surface area contributed by atoms with Crippen molar-refractivity contribution in [1.82, 2.24) is 0 Å². The van der Waals surface area contributed by atoms with E-state index in [1.807, 2.05) is 95.9 Å². The Morgan fingerprint density at radius 2 is 0.921 bits per heavy atom. The zero-order chi connectivity index (χ0) is 43.1. The first-order valence-corrected chi connectivity index (χ1v) is 22.0. The van der Waals surface area contributed by atoms with Crippen molar-refractivity contribution in [3.05, 3.63) is 196 Å². The fourth-order valence-corrected chi connectivity index (χ4v) is 10.4. The summed E-state index contributed by atoms with van der Waals surface area (Å²) in [6.45, 7) is 12.0. The second kappa shape index (κ2) is 14.6. The summed E-state index contributed by atoms with van der Waals surface area (Å²) >= 11 is 0. The van der Waals surface area contributed by atoms with E-state index >= 15 is 4.79 Å². The SMILES string of the molecule is CCN(CC)c1ccc2c(c1)Oc1cc(N(CC)CC)ccc1C21c2ccccc2C(=O)N1c1ccc(-c2ccc3cc4c(cc3c2)C(=O)c2cc3ccccc3cc2C4=O)cc1. The smallest absolute Gasteiger partial charge is 0.260 e. The fourth-order valence-electron chi connectivity index (χ4n) is 10.4. The number of hydrogen-bond acceptors (Lipinski definition) is 6. The van der Waals surface area contributed by atoms with E-state index in [-0.39, 0.29) is 17.5 Å². The van der Waals surface area contributed by atoms with E-state index in [9.17, 15) is 9.59 Å². The minimum Gasteiger partial charge on any atom is -0.456 e. The maximum atomic E-state index is 15.1. The van der Waals surface area contributed by atoms with Gasteiger partial charge in [0.05, 0.1) is 0 Å². The van der Waals surface area contributed by atoms with Gasteiger partial charge >= 0.3 is 0 Å². The predicted molar refractivity (Wildman–Crippen MR) is 253 cm³/mol. The number of hydrogen-bond donors (Lipinski definition) is 0. The number of nitrogens with zero attached hydrogens (tertiary/aromatic N) is 3. The van der Waals surface area contributed by atoms with Gasteiger partial charge in [-0.15, -0.1) is 0 Å². The lowest BCUT2D eigenvalue weighted by atomic mass is 9.74. The van der Waals surface area contributed by atoms with E-state index in [2.05, 4.69) is 98.2 Å². The van der Waals surface area contributed by atoms with Crippen LogP contribution in [0, 0.1) is 0 Å². The lowest BCUT2D eigenvalue weighted by Gasteiger charge is -2.44.